The topological polar surface area (TPSA) is 87.7 Å². The molecule has 6 heteroatoms. The third kappa shape index (κ3) is 2.70. The number of halogens is 1. The number of amides is 1. The van der Waals surface area contributed by atoms with Gasteiger partial charge in [-0.1, -0.05) is 23.2 Å². The highest BCUT2D eigenvalue weighted by molar-refractivity contribution is 6.34. The largest absolute Gasteiger partial charge is 0.409 e. The number of nitrogens with zero attached hydrogens (tertiary/aromatic N) is 1. The fraction of sp³-hybridized carbons (Fsp3) is 0.467. The van der Waals surface area contributed by atoms with Gasteiger partial charge in [-0.3, -0.25) is 4.79 Å². The van der Waals surface area contributed by atoms with Crippen LogP contribution in [0, 0.1) is 17.8 Å². The lowest BCUT2D eigenvalue weighted by Crippen LogP contribution is -2.27. The molecule has 5 nitrogen and oxygen atoms in total. The smallest absolute Gasteiger partial charge is 0.227 e. The van der Waals surface area contributed by atoms with Crippen LogP contribution < -0.4 is 11.1 Å². The van der Waals surface area contributed by atoms with Gasteiger partial charge in [0.1, 0.15) is 0 Å². The van der Waals surface area contributed by atoms with Crippen LogP contribution in [0.2, 0.25) is 5.02 Å². The highest BCUT2D eigenvalue weighted by Crippen LogP contribution is 2.48. The van der Waals surface area contributed by atoms with Crippen LogP contribution in [0.4, 0.5) is 5.69 Å². The molecule has 3 unspecified atom stereocenters. The zero-order chi connectivity index (χ0) is 15.0. The number of nitrogens with two attached hydrogens (primary N) is 1. The first-order valence-electron chi connectivity index (χ1n) is 7.16. The Morgan fingerprint density at radius 1 is 1.38 bits per heavy atom. The molecule has 21 heavy (non-hydrogen) atoms. The van der Waals surface area contributed by atoms with Gasteiger partial charge >= 0.3 is 0 Å². The SMILES string of the molecule is N/C(=N/O)c1ccc(NC(=O)C2CC3CCC2C3)c(Cl)c1. The van der Waals surface area contributed by atoms with Crippen molar-refractivity contribution in [3.05, 3.63) is 28.8 Å². The van der Waals surface area contributed by atoms with Crippen LogP contribution in [-0.2, 0) is 4.79 Å². The van der Waals surface area contributed by atoms with Crippen molar-refractivity contribution >= 4 is 29.0 Å². The van der Waals surface area contributed by atoms with Gasteiger partial charge in [-0.25, -0.2) is 0 Å². The summed E-state index contributed by atoms with van der Waals surface area (Å²) < 4.78 is 0. The lowest BCUT2D eigenvalue weighted by atomic mass is 9.88. The summed E-state index contributed by atoms with van der Waals surface area (Å²) in [5.74, 6) is 1.42. The Hall–Kier alpha value is -1.75. The minimum atomic E-state index is -0.0112. The zero-order valence-electron chi connectivity index (χ0n) is 11.6. The number of benzene rings is 1. The van der Waals surface area contributed by atoms with Crippen molar-refractivity contribution in [2.45, 2.75) is 25.7 Å². The second kappa shape index (κ2) is 5.56. The van der Waals surface area contributed by atoms with E-state index >= 15 is 0 Å². The molecule has 0 radical (unpaired) electrons. The Morgan fingerprint density at radius 3 is 2.76 bits per heavy atom. The first-order chi connectivity index (χ1) is 10.1. The summed E-state index contributed by atoms with van der Waals surface area (Å²) in [4.78, 5) is 12.4. The molecule has 0 aromatic heterocycles. The molecule has 112 valence electrons. The standard InChI is InChI=1S/C15H18ClN3O2/c16-12-7-10(14(17)19-21)3-4-13(12)18-15(20)11-6-8-1-2-9(11)5-8/h3-4,7-9,11,21H,1-2,5-6H2,(H2,17,19)(H,18,20). The molecule has 1 aromatic rings. The summed E-state index contributed by atoms with van der Waals surface area (Å²) in [6.07, 6.45) is 4.62. The van der Waals surface area contributed by atoms with Gasteiger partial charge in [-0.2, -0.15) is 0 Å². The lowest BCUT2D eigenvalue weighted by Gasteiger charge is -2.21. The van der Waals surface area contributed by atoms with Gasteiger partial charge in [0.05, 0.1) is 10.7 Å². The maximum Gasteiger partial charge on any atom is 0.227 e. The maximum atomic E-state index is 12.4. The van der Waals surface area contributed by atoms with E-state index in [1.807, 2.05) is 0 Å². The van der Waals surface area contributed by atoms with Crippen LogP contribution in [0.3, 0.4) is 0 Å². The third-order valence-corrected chi connectivity index (χ3v) is 5.02. The number of oxime groups is 1. The Morgan fingerprint density at radius 2 is 2.19 bits per heavy atom. The van der Waals surface area contributed by atoms with Crippen LogP contribution in [0.25, 0.3) is 0 Å². The van der Waals surface area contributed by atoms with Crippen molar-refractivity contribution in [1.82, 2.24) is 0 Å². The number of amidine groups is 1. The molecule has 2 fully saturated rings. The Bertz CT molecular complexity index is 603. The summed E-state index contributed by atoms with van der Waals surface area (Å²) in [7, 11) is 0. The highest BCUT2D eigenvalue weighted by Gasteiger charge is 2.43. The number of nitrogens with one attached hydrogen (secondary N) is 1. The number of anilines is 1. The molecule has 2 bridgehead atoms. The van der Waals surface area contributed by atoms with E-state index in [0.29, 0.717) is 22.2 Å². The van der Waals surface area contributed by atoms with Gasteiger partial charge in [0, 0.05) is 11.5 Å². The molecule has 0 aliphatic heterocycles. The summed E-state index contributed by atoms with van der Waals surface area (Å²) in [5, 5.41) is 14.9. The van der Waals surface area contributed by atoms with Crippen molar-refractivity contribution in [3.63, 3.8) is 0 Å². The molecule has 2 aliphatic rings. The first kappa shape index (κ1) is 14.2. The van der Waals surface area contributed by atoms with Crippen LogP contribution >= 0.6 is 11.6 Å². The number of carbonyl (C=O) groups is 1. The van der Waals surface area contributed by atoms with Gasteiger partial charge in [0.15, 0.2) is 5.84 Å². The minimum Gasteiger partial charge on any atom is -0.409 e. The molecule has 4 N–H and O–H groups in total. The number of fused-ring (bicyclic) bond motifs is 2. The molecule has 0 saturated heterocycles. The molecule has 0 spiro atoms. The predicted molar refractivity (Wildman–Crippen MR) is 81.5 cm³/mol. The number of hydrogen-bond acceptors (Lipinski definition) is 3. The van der Waals surface area contributed by atoms with E-state index in [9.17, 15) is 4.79 Å². The number of carbonyl (C=O) groups excluding carboxylic acids is 1. The summed E-state index contributed by atoms with van der Waals surface area (Å²) in [6.45, 7) is 0. The Labute approximate surface area is 128 Å². The molecule has 2 saturated carbocycles. The van der Waals surface area contributed by atoms with E-state index in [1.54, 1.807) is 18.2 Å². The average Bonchev–Trinajstić information content (AvgIpc) is 3.11. The average molecular weight is 308 g/mol. The van der Waals surface area contributed by atoms with Crippen molar-refractivity contribution in [2.75, 3.05) is 5.32 Å². The molecular formula is C15H18ClN3O2. The fourth-order valence-electron chi connectivity index (χ4n) is 3.62. The quantitative estimate of drug-likeness (QED) is 0.347. The van der Waals surface area contributed by atoms with Crippen LogP contribution in [0.1, 0.15) is 31.2 Å². The van der Waals surface area contributed by atoms with Gasteiger partial charge in [-0.15, -0.1) is 0 Å². The van der Waals surface area contributed by atoms with Gasteiger partial charge in [0.25, 0.3) is 0 Å². The normalized spacial score (nSPS) is 27.9. The molecule has 2 aliphatic carbocycles. The van der Waals surface area contributed by atoms with E-state index in [1.165, 1.54) is 19.3 Å². The van der Waals surface area contributed by atoms with Gasteiger partial charge in [0.2, 0.25) is 5.91 Å². The van der Waals surface area contributed by atoms with E-state index in [4.69, 9.17) is 22.5 Å². The zero-order valence-corrected chi connectivity index (χ0v) is 12.3. The van der Waals surface area contributed by atoms with Crippen molar-refractivity contribution < 1.29 is 10.0 Å². The highest BCUT2D eigenvalue weighted by atomic mass is 35.5. The van der Waals surface area contributed by atoms with Crippen LogP contribution in [0.5, 0.6) is 0 Å². The van der Waals surface area contributed by atoms with E-state index in [-0.39, 0.29) is 17.7 Å². The van der Waals surface area contributed by atoms with E-state index in [2.05, 4.69) is 10.5 Å². The van der Waals surface area contributed by atoms with Gasteiger partial charge in [-0.05, 0) is 49.3 Å². The minimum absolute atomic E-state index is 0.0112. The fourth-order valence-corrected chi connectivity index (χ4v) is 3.85. The van der Waals surface area contributed by atoms with Crippen molar-refractivity contribution in [3.8, 4) is 0 Å². The van der Waals surface area contributed by atoms with Crippen LogP contribution in [-0.4, -0.2) is 17.0 Å². The first-order valence-corrected chi connectivity index (χ1v) is 7.54. The van der Waals surface area contributed by atoms with E-state index in [0.717, 1.165) is 12.3 Å². The van der Waals surface area contributed by atoms with Crippen LogP contribution in [0.15, 0.2) is 23.4 Å². The van der Waals surface area contributed by atoms with Gasteiger partial charge < -0.3 is 16.3 Å². The second-order valence-electron chi connectivity index (χ2n) is 5.95. The van der Waals surface area contributed by atoms with Crippen molar-refractivity contribution in [1.29, 1.82) is 0 Å². The molecule has 3 atom stereocenters. The number of rotatable bonds is 3. The Balaban J connectivity index is 1.71. The maximum absolute atomic E-state index is 12.4. The molecule has 0 heterocycles. The molecule has 1 aromatic carbocycles. The predicted octanol–water partition coefficient (Wildman–Crippen LogP) is 2.81. The summed E-state index contributed by atoms with van der Waals surface area (Å²) in [5.41, 5.74) is 6.59. The Kier molecular flexibility index (Phi) is 3.76. The lowest BCUT2D eigenvalue weighted by molar-refractivity contribution is -0.121. The summed E-state index contributed by atoms with van der Waals surface area (Å²) >= 11 is 6.15. The molecule has 3 rings (SSSR count). The second-order valence-corrected chi connectivity index (χ2v) is 6.36. The van der Waals surface area contributed by atoms with Crippen molar-refractivity contribution in [2.24, 2.45) is 28.6 Å². The summed E-state index contributed by atoms with van der Waals surface area (Å²) in [6, 6.07) is 4.92. The third-order valence-electron chi connectivity index (χ3n) is 4.71. The molecule has 1 amide bonds. The monoisotopic (exact) mass is 307 g/mol. The van der Waals surface area contributed by atoms with E-state index < -0.39 is 0 Å². The molecular weight excluding hydrogens is 290 g/mol. The number of hydrogen-bond donors (Lipinski definition) is 3.